The third kappa shape index (κ3) is 4.00. The molecule has 24 heavy (non-hydrogen) atoms. The molecular formula is C19H20O5. The summed E-state index contributed by atoms with van der Waals surface area (Å²) < 4.78 is 10.1. The second-order valence-corrected chi connectivity index (χ2v) is 5.51. The van der Waals surface area contributed by atoms with E-state index < -0.39 is 5.78 Å². The van der Waals surface area contributed by atoms with Crippen LogP contribution in [0, 0.1) is 6.92 Å². The number of rotatable bonds is 7. The van der Waals surface area contributed by atoms with E-state index in [9.17, 15) is 14.7 Å². The number of carbonyl (C=O) groups excluding carboxylic acids is 2. The largest absolute Gasteiger partial charge is 0.507 e. The number of phenolic OH excluding ortho intramolecular Hbond substituents is 1. The average molecular weight is 328 g/mol. The lowest BCUT2D eigenvalue weighted by molar-refractivity contribution is 0.0892. The average Bonchev–Trinajstić information content (AvgIpc) is 2.57. The van der Waals surface area contributed by atoms with Crippen molar-refractivity contribution in [2.24, 2.45) is 0 Å². The summed E-state index contributed by atoms with van der Waals surface area (Å²) in [6, 6.07) is 9.96. The third-order valence-corrected chi connectivity index (χ3v) is 3.65. The number of ketones is 2. The van der Waals surface area contributed by atoms with Gasteiger partial charge in [-0.05, 0) is 30.7 Å². The molecule has 0 unspecified atom stereocenters. The standard InChI is InChI=1S/C19H20O5/c1-12-7-14(11-23-2)19(22)16(8-12)18(21)10-17(20)13-5-4-6-15(9-13)24-3/h4-9,22H,10-11H2,1-3H3. The van der Waals surface area contributed by atoms with E-state index in [2.05, 4.69) is 0 Å². The molecule has 1 N–H and O–H groups in total. The molecule has 0 aromatic heterocycles. The molecule has 0 saturated carbocycles. The van der Waals surface area contributed by atoms with E-state index in [1.807, 2.05) is 6.92 Å². The highest BCUT2D eigenvalue weighted by molar-refractivity contribution is 6.14. The van der Waals surface area contributed by atoms with E-state index in [1.165, 1.54) is 14.2 Å². The van der Waals surface area contributed by atoms with Crippen molar-refractivity contribution in [2.45, 2.75) is 20.0 Å². The Morgan fingerprint density at radius 2 is 1.83 bits per heavy atom. The van der Waals surface area contributed by atoms with E-state index in [0.717, 1.165) is 5.56 Å². The molecule has 0 aliphatic carbocycles. The minimum Gasteiger partial charge on any atom is -0.507 e. The maximum absolute atomic E-state index is 12.5. The van der Waals surface area contributed by atoms with E-state index in [1.54, 1.807) is 36.4 Å². The molecule has 5 nitrogen and oxygen atoms in total. The third-order valence-electron chi connectivity index (χ3n) is 3.65. The van der Waals surface area contributed by atoms with Gasteiger partial charge >= 0.3 is 0 Å². The fourth-order valence-corrected chi connectivity index (χ4v) is 2.47. The van der Waals surface area contributed by atoms with Gasteiger partial charge in [0.15, 0.2) is 11.6 Å². The molecule has 0 bridgehead atoms. The number of Topliss-reactive ketones (excluding diaryl/α,β-unsaturated/α-hetero) is 2. The molecule has 126 valence electrons. The predicted molar refractivity (Wildman–Crippen MR) is 89.8 cm³/mol. The minimum atomic E-state index is -0.429. The number of hydrogen-bond donors (Lipinski definition) is 1. The quantitative estimate of drug-likeness (QED) is 0.623. The molecule has 0 fully saturated rings. The number of ether oxygens (including phenoxy) is 2. The van der Waals surface area contributed by atoms with Gasteiger partial charge in [0.2, 0.25) is 0 Å². The zero-order valence-electron chi connectivity index (χ0n) is 14.0. The van der Waals surface area contributed by atoms with E-state index in [4.69, 9.17) is 9.47 Å². The van der Waals surface area contributed by atoms with Crippen LogP contribution >= 0.6 is 0 Å². The van der Waals surface area contributed by atoms with Gasteiger partial charge in [0.25, 0.3) is 0 Å². The molecule has 0 atom stereocenters. The van der Waals surface area contributed by atoms with Gasteiger partial charge in [0.05, 0.1) is 25.7 Å². The second kappa shape index (κ2) is 7.75. The molecule has 0 saturated heterocycles. The maximum Gasteiger partial charge on any atom is 0.174 e. The van der Waals surface area contributed by atoms with E-state index in [-0.39, 0.29) is 30.1 Å². The number of phenols is 1. The van der Waals surface area contributed by atoms with Crippen molar-refractivity contribution in [1.29, 1.82) is 0 Å². The fourth-order valence-electron chi connectivity index (χ4n) is 2.47. The van der Waals surface area contributed by atoms with Crippen LogP contribution in [0.1, 0.15) is 38.3 Å². The van der Waals surface area contributed by atoms with Gasteiger partial charge < -0.3 is 14.6 Å². The number of hydrogen-bond acceptors (Lipinski definition) is 5. The first-order valence-electron chi connectivity index (χ1n) is 7.48. The predicted octanol–water partition coefficient (Wildman–Crippen LogP) is 3.31. The maximum atomic E-state index is 12.5. The summed E-state index contributed by atoms with van der Waals surface area (Å²) in [7, 11) is 3.02. The number of aryl methyl sites for hydroxylation is 1. The van der Waals surface area contributed by atoms with Gasteiger partial charge in [-0.1, -0.05) is 18.2 Å². The summed E-state index contributed by atoms with van der Waals surface area (Å²) >= 11 is 0. The first kappa shape index (κ1) is 17.7. The normalized spacial score (nSPS) is 10.5. The Labute approximate surface area is 140 Å². The first-order valence-corrected chi connectivity index (χ1v) is 7.48. The molecule has 2 aromatic carbocycles. The van der Waals surface area contributed by atoms with Crippen LogP contribution in [0.5, 0.6) is 11.5 Å². The summed E-state index contributed by atoms with van der Waals surface area (Å²) in [6.07, 6.45) is -0.323. The lowest BCUT2D eigenvalue weighted by atomic mass is 9.97. The highest BCUT2D eigenvalue weighted by Gasteiger charge is 2.19. The van der Waals surface area contributed by atoms with E-state index >= 15 is 0 Å². The second-order valence-electron chi connectivity index (χ2n) is 5.51. The van der Waals surface area contributed by atoms with Crippen molar-refractivity contribution in [1.82, 2.24) is 0 Å². The van der Waals surface area contributed by atoms with Crippen molar-refractivity contribution in [3.8, 4) is 11.5 Å². The molecule has 2 rings (SSSR count). The zero-order valence-corrected chi connectivity index (χ0v) is 14.0. The van der Waals surface area contributed by atoms with Gasteiger partial charge in [-0.3, -0.25) is 9.59 Å². The lowest BCUT2D eigenvalue weighted by Crippen LogP contribution is -2.10. The Balaban J connectivity index is 2.24. The topological polar surface area (TPSA) is 72.8 Å². The smallest absolute Gasteiger partial charge is 0.174 e. The Morgan fingerprint density at radius 3 is 2.50 bits per heavy atom. The molecular weight excluding hydrogens is 308 g/mol. The molecule has 0 aliphatic rings. The summed E-state index contributed by atoms with van der Waals surface area (Å²) in [5.74, 6) is -0.338. The van der Waals surface area contributed by atoms with Crippen LogP contribution in [0.3, 0.4) is 0 Å². The van der Waals surface area contributed by atoms with Gasteiger partial charge in [-0.2, -0.15) is 0 Å². The van der Waals surface area contributed by atoms with Crippen molar-refractivity contribution >= 4 is 11.6 Å². The zero-order chi connectivity index (χ0) is 17.7. The fraction of sp³-hybridized carbons (Fsp3) is 0.263. The molecule has 5 heteroatoms. The van der Waals surface area contributed by atoms with Gasteiger partial charge in [0, 0.05) is 18.2 Å². The highest BCUT2D eigenvalue weighted by atomic mass is 16.5. The summed E-state index contributed by atoms with van der Waals surface area (Å²) in [6.45, 7) is 2.01. The highest BCUT2D eigenvalue weighted by Crippen LogP contribution is 2.27. The Hall–Kier alpha value is -2.66. The monoisotopic (exact) mass is 328 g/mol. The molecule has 0 radical (unpaired) electrons. The molecule has 0 amide bonds. The van der Waals surface area contributed by atoms with Gasteiger partial charge in [-0.15, -0.1) is 0 Å². The molecule has 0 heterocycles. The van der Waals surface area contributed by atoms with Gasteiger partial charge in [0.1, 0.15) is 11.5 Å². The Morgan fingerprint density at radius 1 is 1.08 bits per heavy atom. The van der Waals surface area contributed by atoms with Crippen LogP contribution < -0.4 is 4.74 Å². The van der Waals surface area contributed by atoms with Gasteiger partial charge in [-0.25, -0.2) is 0 Å². The van der Waals surface area contributed by atoms with Crippen molar-refractivity contribution in [2.75, 3.05) is 14.2 Å². The van der Waals surface area contributed by atoms with E-state index in [0.29, 0.717) is 16.9 Å². The molecule has 0 spiro atoms. The van der Waals surface area contributed by atoms with Crippen molar-refractivity contribution < 1.29 is 24.2 Å². The van der Waals surface area contributed by atoms with Crippen molar-refractivity contribution in [3.63, 3.8) is 0 Å². The number of benzene rings is 2. The number of aromatic hydroxyl groups is 1. The SMILES string of the molecule is COCc1cc(C)cc(C(=O)CC(=O)c2cccc(OC)c2)c1O. The Kier molecular flexibility index (Phi) is 5.71. The van der Waals surface area contributed by atoms with Crippen LogP contribution in [0.4, 0.5) is 0 Å². The molecule has 2 aromatic rings. The van der Waals surface area contributed by atoms with Crippen LogP contribution in [-0.2, 0) is 11.3 Å². The minimum absolute atomic E-state index is 0.133. The van der Waals surface area contributed by atoms with Crippen molar-refractivity contribution in [3.05, 3.63) is 58.7 Å². The summed E-state index contributed by atoms with van der Waals surface area (Å²) in [5, 5.41) is 10.2. The number of methoxy groups -OCH3 is 2. The van der Waals surface area contributed by atoms with Crippen LogP contribution in [0.25, 0.3) is 0 Å². The summed E-state index contributed by atoms with van der Waals surface area (Å²) in [4.78, 5) is 24.8. The lowest BCUT2D eigenvalue weighted by Gasteiger charge is -2.10. The van der Waals surface area contributed by atoms with Crippen LogP contribution in [0.2, 0.25) is 0 Å². The summed E-state index contributed by atoms with van der Waals surface area (Å²) in [5.41, 5.74) is 1.87. The number of carbonyl (C=O) groups is 2. The Bertz CT molecular complexity index is 764. The van der Waals surface area contributed by atoms with Crippen LogP contribution in [0.15, 0.2) is 36.4 Å². The molecule has 0 aliphatic heterocycles. The van der Waals surface area contributed by atoms with Crippen LogP contribution in [-0.4, -0.2) is 30.9 Å². The first-order chi connectivity index (χ1) is 11.5.